The van der Waals surface area contributed by atoms with E-state index in [0.717, 1.165) is 12.7 Å². The lowest BCUT2D eigenvalue weighted by Crippen LogP contribution is -2.42. The third-order valence-electron chi connectivity index (χ3n) is 3.98. The summed E-state index contributed by atoms with van der Waals surface area (Å²) < 4.78 is 10.6. The minimum Gasteiger partial charge on any atom is -0.469 e. The van der Waals surface area contributed by atoms with Crippen LogP contribution in [0.3, 0.4) is 0 Å². The number of carbonyl (C=O) groups is 2. The average molecular weight is 403 g/mol. The number of alkyl halides is 2. The first kappa shape index (κ1) is 28.7. The van der Waals surface area contributed by atoms with Crippen LogP contribution in [0.5, 0.6) is 0 Å². The predicted molar refractivity (Wildman–Crippen MR) is 106 cm³/mol. The molecule has 7 heteroatoms. The maximum atomic E-state index is 11.2. The van der Waals surface area contributed by atoms with Crippen LogP contribution in [-0.2, 0) is 18.8 Å². The third-order valence-corrected chi connectivity index (χ3v) is 8.48. The molecule has 0 rings (SSSR count). The Morgan fingerprint density at radius 1 is 1.21 bits per heavy atom. The van der Waals surface area contributed by atoms with Crippen molar-refractivity contribution in [1.82, 2.24) is 0 Å². The Bertz CT molecular complexity index is 331. The molecule has 0 aliphatic carbocycles. The number of hydrogen-bond donors (Lipinski definition) is 0. The Kier molecular flexibility index (Phi) is 18.1. The number of rotatable bonds is 6. The highest BCUT2D eigenvalue weighted by Gasteiger charge is 2.37. The van der Waals surface area contributed by atoms with Crippen molar-refractivity contribution in [2.75, 3.05) is 19.1 Å². The summed E-state index contributed by atoms with van der Waals surface area (Å²) in [6.07, 6.45) is 1.93. The van der Waals surface area contributed by atoms with Gasteiger partial charge in [-0.25, -0.2) is 0 Å². The fourth-order valence-corrected chi connectivity index (χ4v) is 2.01. The molecule has 0 aliphatic heterocycles. The van der Waals surface area contributed by atoms with E-state index >= 15 is 0 Å². The molecule has 146 valence electrons. The molecule has 0 radical (unpaired) electrons. The first-order valence-electron chi connectivity index (χ1n) is 8.13. The van der Waals surface area contributed by atoms with Crippen LogP contribution >= 0.6 is 23.2 Å². The monoisotopic (exact) mass is 402 g/mol. The summed E-state index contributed by atoms with van der Waals surface area (Å²) in [6, 6.07) is 0. The Hall–Kier alpha value is -0.103. The van der Waals surface area contributed by atoms with E-state index in [4.69, 9.17) is 27.6 Å². The van der Waals surface area contributed by atoms with Crippen molar-refractivity contribution >= 4 is 43.8 Å². The lowest BCUT2D eigenvalue weighted by Gasteiger charge is -2.36. The summed E-state index contributed by atoms with van der Waals surface area (Å²) in [6.45, 7) is 17.1. The van der Waals surface area contributed by atoms with Crippen LogP contribution in [0.1, 0.15) is 48.0 Å². The van der Waals surface area contributed by atoms with E-state index in [1.54, 1.807) is 0 Å². The molecule has 4 nitrogen and oxygen atoms in total. The van der Waals surface area contributed by atoms with E-state index in [2.05, 4.69) is 38.6 Å². The van der Waals surface area contributed by atoms with Crippen molar-refractivity contribution in [1.29, 1.82) is 0 Å². The van der Waals surface area contributed by atoms with Crippen LogP contribution in [0.4, 0.5) is 0 Å². The predicted octanol–water partition coefficient (Wildman–Crippen LogP) is 5.47. The van der Waals surface area contributed by atoms with E-state index in [1.807, 2.05) is 20.8 Å². The third kappa shape index (κ3) is 15.4. The first-order chi connectivity index (χ1) is 10.8. The van der Waals surface area contributed by atoms with Gasteiger partial charge in [-0.1, -0.05) is 34.6 Å². The van der Waals surface area contributed by atoms with E-state index in [1.165, 1.54) is 7.11 Å². The lowest BCUT2D eigenvalue weighted by atomic mass is 10.2. The standard InChI is InChI=1S/C11H24O3Si.C5H10O.CH2Cl2/c1-9(10(12)13-5)8-14-15(6,7)11(2,3)4;1-3-5(2)4-6;2-1-3/h9H,8H2,1-7H3;4-5H,3H2,1-2H3;1H2/t9-;5-;/m00./s1. The molecular formula is C17H36Cl2O4Si. The van der Waals surface area contributed by atoms with Crippen LogP contribution in [0, 0.1) is 11.8 Å². The molecule has 0 N–H and O–H groups in total. The zero-order valence-corrected chi connectivity index (χ0v) is 19.3. The van der Waals surface area contributed by atoms with Gasteiger partial charge in [0.2, 0.25) is 0 Å². The molecule has 24 heavy (non-hydrogen) atoms. The molecule has 0 aromatic rings. The normalized spacial score (nSPS) is 13.5. The van der Waals surface area contributed by atoms with Crippen molar-refractivity contribution < 1.29 is 18.8 Å². The van der Waals surface area contributed by atoms with E-state index in [9.17, 15) is 9.59 Å². The van der Waals surface area contributed by atoms with Gasteiger partial charge in [0.05, 0.1) is 18.4 Å². The molecule has 2 atom stereocenters. The molecule has 0 aromatic carbocycles. The fraction of sp³-hybridized carbons (Fsp3) is 0.882. The van der Waals surface area contributed by atoms with E-state index in [0.29, 0.717) is 6.61 Å². The van der Waals surface area contributed by atoms with Gasteiger partial charge in [0, 0.05) is 12.5 Å². The second kappa shape index (κ2) is 15.2. The molecule has 0 heterocycles. The summed E-state index contributed by atoms with van der Waals surface area (Å²) in [7, 11) is -0.326. The lowest BCUT2D eigenvalue weighted by molar-refractivity contribution is -0.145. The van der Waals surface area contributed by atoms with Gasteiger partial charge in [-0.3, -0.25) is 4.79 Å². The van der Waals surface area contributed by atoms with Gasteiger partial charge in [0.25, 0.3) is 0 Å². The Morgan fingerprint density at radius 2 is 1.62 bits per heavy atom. The molecule has 0 saturated heterocycles. The average Bonchev–Trinajstić information content (AvgIpc) is 2.51. The number of hydrogen-bond acceptors (Lipinski definition) is 4. The minimum absolute atomic E-state index is 0.177. The van der Waals surface area contributed by atoms with Crippen LogP contribution in [0.15, 0.2) is 0 Å². The molecule has 0 spiro atoms. The van der Waals surface area contributed by atoms with Crippen LogP contribution in [0.2, 0.25) is 18.1 Å². The van der Waals surface area contributed by atoms with Gasteiger partial charge in [-0.15, -0.1) is 23.2 Å². The minimum atomic E-state index is -1.73. The van der Waals surface area contributed by atoms with Gasteiger partial charge >= 0.3 is 5.97 Å². The summed E-state index contributed by atoms with van der Waals surface area (Å²) in [5.41, 5.74) is 0. The number of esters is 1. The number of carbonyl (C=O) groups excluding carboxylic acids is 2. The van der Waals surface area contributed by atoms with Gasteiger partial charge in [-0.05, 0) is 31.5 Å². The summed E-state index contributed by atoms with van der Waals surface area (Å²) >= 11 is 9.53. The highest BCUT2D eigenvalue weighted by atomic mass is 35.5. The van der Waals surface area contributed by atoms with Gasteiger partial charge in [-0.2, -0.15) is 0 Å². The Morgan fingerprint density at radius 3 is 1.83 bits per heavy atom. The van der Waals surface area contributed by atoms with Crippen molar-refractivity contribution in [2.45, 2.75) is 66.1 Å². The van der Waals surface area contributed by atoms with Crippen LogP contribution in [-0.4, -0.2) is 39.6 Å². The van der Waals surface area contributed by atoms with Crippen molar-refractivity contribution in [3.05, 3.63) is 0 Å². The van der Waals surface area contributed by atoms with Gasteiger partial charge < -0.3 is 14.0 Å². The summed E-state index contributed by atoms with van der Waals surface area (Å²) in [4.78, 5) is 20.9. The maximum absolute atomic E-state index is 11.2. The Balaban J connectivity index is -0.000000405. The number of halogens is 2. The van der Waals surface area contributed by atoms with E-state index in [-0.39, 0.29) is 28.2 Å². The summed E-state index contributed by atoms with van der Waals surface area (Å²) in [5, 5.41) is 0.378. The van der Waals surface area contributed by atoms with Crippen molar-refractivity contribution in [2.24, 2.45) is 11.8 Å². The first-order valence-corrected chi connectivity index (χ1v) is 12.1. The van der Waals surface area contributed by atoms with Gasteiger partial charge in [0.15, 0.2) is 8.32 Å². The van der Waals surface area contributed by atoms with Crippen molar-refractivity contribution in [3.63, 3.8) is 0 Å². The molecular weight excluding hydrogens is 367 g/mol. The summed E-state index contributed by atoms with van der Waals surface area (Å²) in [5.74, 6) is -0.122. The largest absolute Gasteiger partial charge is 0.469 e. The van der Waals surface area contributed by atoms with Gasteiger partial charge in [0.1, 0.15) is 6.29 Å². The molecule has 0 saturated carbocycles. The fourth-order valence-electron chi connectivity index (χ4n) is 0.915. The maximum Gasteiger partial charge on any atom is 0.310 e. The zero-order chi connectivity index (χ0) is 20.0. The molecule has 0 unspecified atom stereocenters. The highest BCUT2D eigenvalue weighted by molar-refractivity contribution is 6.74. The smallest absolute Gasteiger partial charge is 0.310 e. The highest BCUT2D eigenvalue weighted by Crippen LogP contribution is 2.36. The SMILES string of the molecule is CC[C@H](C)C=O.COC(=O)[C@@H](C)CO[Si](C)(C)C(C)(C)C.ClCCl. The zero-order valence-electron chi connectivity index (χ0n) is 16.7. The van der Waals surface area contributed by atoms with Crippen LogP contribution < -0.4 is 0 Å². The topological polar surface area (TPSA) is 52.6 Å². The molecule has 0 amide bonds. The second-order valence-corrected chi connectivity index (χ2v) is 12.7. The Labute approximate surface area is 159 Å². The quantitative estimate of drug-likeness (QED) is 0.255. The molecule has 0 aliphatic rings. The number of ether oxygens (including phenoxy) is 1. The van der Waals surface area contributed by atoms with Crippen LogP contribution in [0.25, 0.3) is 0 Å². The second-order valence-electron chi connectivity index (χ2n) is 7.12. The molecule has 0 aromatic heterocycles. The molecule has 0 fully saturated rings. The van der Waals surface area contributed by atoms with Crippen molar-refractivity contribution in [3.8, 4) is 0 Å². The number of aldehydes is 1. The molecule has 0 bridgehead atoms. The van der Waals surface area contributed by atoms with E-state index < -0.39 is 8.32 Å². The number of methoxy groups -OCH3 is 1.